The molecule has 0 saturated heterocycles. The van der Waals surface area contributed by atoms with Crippen molar-refractivity contribution in [2.24, 2.45) is 4.99 Å². The molecule has 1 aromatic rings. The number of benzene rings is 1. The Kier molecular flexibility index (Phi) is 4.34. The maximum atomic E-state index is 9.85. The van der Waals surface area contributed by atoms with E-state index in [-0.39, 0.29) is 6.61 Å². The van der Waals surface area contributed by atoms with E-state index in [1.165, 1.54) is 0 Å². The Hall–Kier alpha value is -1.23. The Morgan fingerprint density at radius 3 is 2.79 bits per heavy atom. The molecule has 1 heterocycles. The van der Waals surface area contributed by atoms with Gasteiger partial charge in [-0.2, -0.15) is 0 Å². The number of hydrogen-bond acceptors (Lipinski definition) is 4. The number of nitrogens with one attached hydrogen (secondary N) is 1. The van der Waals surface area contributed by atoms with Crippen molar-refractivity contribution in [1.82, 2.24) is 5.32 Å². The molecule has 0 bridgehead atoms. The maximum absolute atomic E-state index is 9.85. The lowest BCUT2D eigenvalue weighted by Gasteiger charge is -2.22. The van der Waals surface area contributed by atoms with E-state index in [4.69, 9.17) is 4.74 Å². The van der Waals surface area contributed by atoms with E-state index in [2.05, 4.69) is 10.3 Å². The van der Waals surface area contributed by atoms with Gasteiger partial charge in [0, 0.05) is 17.8 Å². The number of aliphatic hydroxyl groups is 1. The fraction of sp³-hybridized carbons (Fsp3) is 0.533. The molecule has 2 unspecified atom stereocenters. The summed E-state index contributed by atoms with van der Waals surface area (Å²) in [5.74, 6) is 0. The molecule has 0 aromatic heterocycles. The van der Waals surface area contributed by atoms with E-state index in [0.29, 0.717) is 12.6 Å². The van der Waals surface area contributed by atoms with Crippen LogP contribution in [0.4, 0.5) is 0 Å². The molecule has 0 fully saturated rings. The van der Waals surface area contributed by atoms with Gasteiger partial charge in [0.05, 0.1) is 18.1 Å². The molecule has 0 amide bonds. The van der Waals surface area contributed by atoms with Crippen LogP contribution in [0, 0.1) is 0 Å². The Labute approximate surface area is 113 Å². The van der Waals surface area contributed by atoms with Gasteiger partial charge in [0.1, 0.15) is 0 Å². The van der Waals surface area contributed by atoms with Gasteiger partial charge < -0.3 is 15.2 Å². The Bertz CT molecular complexity index is 504. The van der Waals surface area contributed by atoms with Gasteiger partial charge in [0.25, 0.3) is 0 Å². The van der Waals surface area contributed by atoms with Gasteiger partial charge in [-0.05, 0) is 19.1 Å². The first-order valence-electron chi connectivity index (χ1n) is 6.72. The van der Waals surface area contributed by atoms with Crippen molar-refractivity contribution < 1.29 is 9.84 Å². The van der Waals surface area contributed by atoms with Crippen molar-refractivity contribution in [1.29, 1.82) is 0 Å². The number of fused-ring (bicyclic) bond motifs is 1. The molecule has 0 aliphatic carbocycles. The minimum absolute atomic E-state index is 0.268. The molecule has 0 spiro atoms. The number of ether oxygens (including phenoxy) is 1. The summed E-state index contributed by atoms with van der Waals surface area (Å²) in [6.45, 7) is 6.80. The molecule has 1 aliphatic heterocycles. The minimum Gasteiger partial charge on any atom is -0.389 e. The summed E-state index contributed by atoms with van der Waals surface area (Å²) < 4.78 is 5.75. The van der Waals surface area contributed by atoms with Crippen LogP contribution in [0.1, 0.15) is 20.8 Å². The topological polar surface area (TPSA) is 53.8 Å². The molecular weight excluding hydrogens is 240 g/mol. The molecule has 4 heteroatoms. The van der Waals surface area contributed by atoms with E-state index >= 15 is 0 Å². The highest BCUT2D eigenvalue weighted by atomic mass is 16.5. The van der Waals surface area contributed by atoms with Crippen molar-refractivity contribution in [3.05, 3.63) is 34.8 Å². The lowest BCUT2D eigenvalue weighted by atomic mass is 10.2. The Morgan fingerprint density at radius 2 is 2.11 bits per heavy atom. The average Bonchev–Trinajstić information content (AvgIpc) is 2.70. The number of nitrogens with zero attached hydrogens (tertiary/aromatic N) is 1. The second-order valence-electron chi connectivity index (χ2n) is 5.40. The number of hydrogen-bond donors (Lipinski definition) is 2. The van der Waals surface area contributed by atoms with Crippen LogP contribution < -0.4 is 15.9 Å². The predicted octanol–water partition coefficient (Wildman–Crippen LogP) is 0.192. The van der Waals surface area contributed by atoms with Crippen LogP contribution in [0.3, 0.4) is 0 Å². The second-order valence-corrected chi connectivity index (χ2v) is 5.40. The SMILES string of the molecule is CC(C)NCC(O)COC1(C)C=c2ccccc2=N1. The van der Waals surface area contributed by atoms with Gasteiger partial charge in [-0.15, -0.1) is 0 Å². The summed E-state index contributed by atoms with van der Waals surface area (Å²) in [6.07, 6.45) is 1.47. The van der Waals surface area contributed by atoms with Crippen LogP contribution in [-0.4, -0.2) is 36.1 Å². The summed E-state index contributed by atoms with van der Waals surface area (Å²) in [7, 11) is 0. The number of aliphatic hydroxyl groups excluding tert-OH is 1. The van der Waals surface area contributed by atoms with Crippen LogP contribution in [0.15, 0.2) is 29.3 Å². The highest BCUT2D eigenvalue weighted by molar-refractivity contribution is 5.37. The zero-order valence-corrected chi connectivity index (χ0v) is 11.8. The molecule has 0 radical (unpaired) electrons. The van der Waals surface area contributed by atoms with Crippen LogP contribution in [0.2, 0.25) is 0 Å². The van der Waals surface area contributed by atoms with Crippen molar-refractivity contribution in [2.45, 2.75) is 38.6 Å². The molecule has 1 aliphatic rings. The van der Waals surface area contributed by atoms with E-state index in [9.17, 15) is 5.11 Å². The van der Waals surface area contributed by atoms with E-state index < -0.39 is 11.8 Å². The van der Waals surface area contributed by atoms with Crippen molar-refractivity contribution in [3.63, 3.8) is 0 Å². The first-order chi connectivity index (χ1) is 8.98. The molecule has 2 rings (SSSR count). The third-order valence-electron chi connectivity index (χ3n) is 3.03. The van der Waals surface area contributed by atoms with Gasteiger partial charge in [0.2, 0.25) is 0 Å². The van der Waals surface area contributed by atoms with Gasteiger partial charge in [0.15, 0.2) is 5.72 Å². The molecule has 0 saturated carbocycles. The van der Waals surface area contributed by atoms with Crippen LogP contribution in [0.5, 0.6) is 0 Å². The number of rotatable bonds is 6. The van der Waals surface area contributed by atoms with Crippen LogP contribution >= 0.6 is 0 Å². The normalized spacial score (nSPS) is 22.8. The van der Waals surface area contributed by atoms with Crippen LogP contribution in [-0.2, 0) is 4.74 Å². The lowest BCUT2D eigenvalue weighted by Crippen LogP contribution is -2.36. The monoisotopic (exact) mass is 262 g/mol. The standard InChI is InChI=1S/C15H22N2O2/c1-11(2)16-9-13(18)10-19-15(3)8-12-6-4-5-7-14(12)17-15/h4-8,11,13,16,18H,9-10H2,1-3H3. The number of para-hydroxylation sites is 1. The summed E-state index contributed by atoms with van der Waals surface area (Å²) in [5, 5.41) is 15.1. The molecule has 19 heavy (non-hydrogen) atoms. The lowest BCUT2D eigenvalue weighted by molar-refractivity contribution is -0.0294. The minimum atomic E-state index is -0.664. The molecule has 2 N–H and O–H groups in total. The molecule has 1 aromatic carbocycles. The summed E-state index contributed by atoms with van der Waals surface area (Å²) >= 11 is 0. The van der Waals surface area contributed by atoms with Gasteiger partial charge in [-0.1, -0.05) is 32.0 Å². The highest BCUT2D eigenvalue weighted by Gasteiger charge is 2.25. The van der Waals surface area contributed by atoms with Gasteiger partial charge in [-0.25, -0.2) is 4.99 Å². The fourth-order valence-electron chi connectivity index (χ4n) is 2.04. The fourth-order valence-corrected chi connectivity index (χ4v) is 2.04. The molecular formula is C15H22N2O2. The first kappa shape index (κ1) is 14.2. The summed E-state index contributed by atoms with van der Waals surface area (Å²) in [6, 6.07) is 8.29. The third kappa shape index (κ3) is 3.86. The maximum Gasteiger partial charge on any atom is 0.176 e. The smallest absolute Gasteiger partial charge is 0.176 e. The summed E-state index contributed by atoms with van der Waals surface area (Å²) in [4.78, 5) is 4.54. The first-order valence-corrected chi connectivity index (χ1v) is 6.72. The molecule has 104 valence electrons. The van der Waals surface area contributed by atoms with E-state index in [1.54, 1.807) is 0 Å². The van der Waals surface area contributed by atoms with E-state index in [1.807, 2.05) is 51.1 Å². The largest absolute Gasteiger partial charge is 0.389 e. The zero-order valence-electron chi connectivity index (χ0n) is 11.8. The third-order valence-corrected chi connectivity index (χ3v) is 3.03. The quantitative estimate of drug-likeness (QED) is 0.769. The van der Waals surface area contributed by atoms with Gasteiger partial charge >= 0.3 is 0 Å². The highest BCUT2D eigenvalue weighted by Crippen LogP contribution is 2.15. The zero-order chi connectivity index (χ0) is 13.9. The van der Waals surface area contributed by atoms with E-state index in [0.717, 1.165) is 10.6 Å². The molecule has 4 nitrogen and oxygen atoms in total. The molecule has 2 atom stereocenters. The Morgan fingerprint density at radius 1 is 1.37 bits per heavy atom. The van der Waals surface area contributed by atoms with Gasteiger partial charge in [-0.3, -0.25) is 0 Å². The van der Waals surface area contributed by atoms with Crippen molar-refractivity contribution in [3.8, 4) is 0 Å². The average molecular weight is 262 g/mol. The predicted molar refractivity (Wildman–Crippen MR) is 75.2 cm³/mol. The second kappa shape index (κ2) is 5.82. The van der Waals surface area contributed by atoms with Crippen molar-refractivity contribution in [2.75, 3.05) is 13.2 Å². The van der Waals surface area contributed by atoms with Crippen LogP contribution in [0.25, 0.3) is 6.08 Å². The van der Waals surface area contributed by atoms with Crippen molar-refractivity contribution >= 4 is 6.08 Å². The summed E-state index contributed by atoms with van der Waals surface area (Å²) in [5.41, 5.74) is -0.664. The Balaban J connectivity index is 1.92.